The molecule has 24 heavy (non-hydrogen) atoms. The molecule has 0 atom stereocenters. The quantitative estimate of drug-likeness (QED) is 0.650. The minimum absolute atomic E-state index is 0.225. The lowest BCUT2D eigenvalue weighted by Crippen LogP contribution is -1.98. The number of hydrogen-bond acceptors (Lipinski definition) is 2. The molecular formula is C21H17FN2. The van der Waals surface area contributed by atoms with Gasteiger partial charge in [-0.05, 0) is 37.1 Å². The summed E-state index contributed by atoms with van der Waals surface area (Å²) in [6.07, 6.45) is 4.64. The Morgan fingerprint density at radius 1 is 0.917 bits per heavy atom. The topological polar surface area (TPSA) is 25.2 Å². The molecule has 0 bridgehead atoms. The van der Waals surface area contributed by atoms with Crippen LogP contribution in [-0.4, -0.2) is 10.7 Å². The summed E-state index contributed by atoms with van der Waals surface area (Å²) in [4.78, 5) is 9.36. The highest BCUT2D eigenvalue weighted by Gasteiger charge is 2.11. The van der Waals surface area contributed by atoms with Crippen molar-refractivity contribution in [3.8, 4) is 0 Å². The summed E-state index contributed by atoms with van der Waals surface area (Å²) in [5, 5.41) is 1.16. The van der Waals surface area contributed by atoms with Crippen molar-refractivity contribution in [1.29, 1.82) is 0 Å². The smallest absolute Gasteiger partial charge is 0.123 e. The molecule has 4 rings (SSSR count). The third-order valence-electron chi connectivity index (χ3n) is 4.26. The Bertz CT molecular complexity index is 957. The van der Waals surface area contributed by atoms with Crippen LogP contribution in [0.1, 0.15) is 24.1 Å². The number of aliphatic imine (C=N–C) groups is 1. The normalized spacial score (nSPS) is 13.9. The van der Waals surface area contributed by atoms with Crippen molar-refractivity contribution < 1.29 is 4.39 Å². The zero-order valence-corrected chi connectivity index (χ0v) is 13.2. The molecule has 3 aromatic rings. The van der Waals surface area contributed by atoms with E-state index >= 15 is 0 Å². The van der Waals surface area contributed by atoms with Gasteiger partial charge in [0.2, 0.25) is 0 Å². The number of pyridine rings is 1. The highest BCUT2D eigenvalue weighted by molar-refractivity contribution is 5.95. The maximum atomic E-state index is 13.3. The van der Waals surface area contributed by atoms with Gasteiger partial charge >= 0.3 is 0 Å². The third kappa shape index (κ3) is 3.11. The number of benzene rings is 2. The Morgan fingerprint density at radius 3 is 2.75 bits per heavy atom. The average molecular weight is 316 g/mol. The van der Waals surface area contributed by atoms with Gasteiger partial charge in [-0.2, -0.15) is 0 Å². The molecule has 2 nitrogen and oxygen atoms in total. The molecule has 0 saturated heterocycles. The summed E-state index contributed by atoms with van der Waals surface area (Å²) in [6.45, 7) is 0. The van der Waals surface area contributed by atoms with E-state index in [1.807, 2.05) is 24.3 Å². The van der Waals surface area contributed by atoms with Crippen LogP contribution < -0.4 is 0 Å². The minimum atomic E-state index is -0.225. The number of fused-ring (bicyclic) bond motifs is 1. The number of allylic oxidation sites excluding steroid dienone is 1. The van der Waals surface area contributed by atoms with Gasteiger partial charge in [0.25, 0.3) is 0 Å². The highest BCUT2D eigenvalue weighted by atomic mass is 19.1. The molecule has 0 spiro atoms. The predicted octanol–water partition coefficient (Wildman–Crippen LogP) is 5.19. The van der Waals surface area contributed by atoms with E-state index < -0.39 is 0 Å². The Morgan fingerprint density at radius 2 is 1.83 bits per heavy atom. The van der Waals surface area contributed by atoms with E-state index in [1.54, 1.807) is 6.07 Å². The van der Waals surface area contributed by atoms with Crippen molar-refractivity contribution in [3.63, 3.8) is 0 Å². The van der Waals surface area contributed by atoms with Crippen LogP contribution in [0, 0.1) is 5.82 Å². The van der Waals surface area contributed by atoms with Crippen LogP contribution in [0.25, 0.3) is 16.6 Å². The lowest BCUT2D eigenvalue weighted by molar-refractivity contribution is 0.627. The van der Waals surface area contributed by atoms with E-state index in [2.05, 4.69) is 29.3 Å². The van der Waals surface area contributed by atoms with Gasteiger partial charge in [0.05, 0.1) is 11.2 Å². The summed E-state index contributed by atoms with van der Waals surface area (Å²) in [5.74, 6) is -0.225. The van der Waals surface area contributed by atoms with E-state index in [0.29, 0.717) is 0 Å². The van der Waals surface area contributed by atoms with Crippen LogP contribution in [-0.2, 0) is 6.42 Å². The largest absolute Gasteiger partial charge is 0.257 e. The Balaban J connectivity index is 1.45. The minimum Gasteiger partial charge on any atom is -0.257 e. The van der Waals surface area contributed by atoms with Crippen molar-refractivity contribution in [2.75, 3.05) is 0 Å². The molecule has 0 fully saturated rings. The van der Waals surface area contributed by atoms with E-state index in [9.17, 15) is 4.39 Å². The van der Waals surface area contributed by atoms with Gasteiger partial charge in [-0.15, -0.1) is 0 Å². The summed E-state index contributed by atoms with van der Waals surface area (Å²) >= 11 is 0. The second-order valence-electron chi connectivity index (χ2n) is 5.98. The summed E-state index contributed by atoms with van der Waals surface area (Å²) in [7, 11) is 0. The Hall–Kier alpha value is -2.81. The molecule has 0 radical (unpaired) electrons. The van der Waals surface area contributed by atoms with Gasteiger partial charge in [-0.3, -0.25) is 9.98 Å². The van der Waals surface area contributed by atoms with E-state index in [1.165, 1.54) is 12.1 Å². The molecule has 2 aromatic carbocycles. The third-order valence-corrected chi connectivity index (χ3v) is 4.26. The van der Waals surface area contributed by atoms with Crippen molar-refractivity contribution in [2.24, 2.45) is 4.99 Å². The SMILES string of the molecule is Fc1cccc(C2=CCC(CCc3ccc4ccccc4n3)=N2)c1. The van der Waals surface area contributed by atoms with Crippen LogP contribution in [0.2, 0.25) is 0 Å². The van der Waals surface area contributed by atoms with E-state index in [0.717, 1.165) is 52.8 Å². The number of aryl methyl sites for hydroxylation is 1. The van der Waals surface area contributed by atoms with E-state index in [-0.39, 0.29) is 5.82 Å². The standard InChI is InChI=1S/C21H17FN2/c22-17-6-3-5-16(14-17)21-13-12-19(24-21)11-10-18-9-8-15-4-1-2-7-20(15)23-18/h1-9,13-14H,10-12H2. The number of para-hydroxylation sites is 1. The maximum Gasteiger partial charge on any atom is 0.123 e. The zero-order chi connectivity index (χ0) is 16.4. The molecule has 0 saturated carbocycles. The average Bonchev–Trinajstić information content (AvgIpc) is 3.09. The van der Waals surface area contributed by atoms with Gasteiger partial charge in [0.1, 0.15) is 5.82 Å². The van der Waals surface area contributed by atoms with Gasteiger partial charge < -0.3 is 0 Å². The van der Waals surface area contributed by atoms with Crippen LogP contribution >= 0.6 is 0 Å². The van der Waals surface area contributed by atoms with Crippen LogP contribution in [0.4, 0.5) is 4.39 Å². The van der Waals surface area contributed by atoms with Crippen LogP contribution in [0.3, 0.4) is 0 Å². The van der Waals surface area contributed by atoms with Gasteiger partial charge in [0.15, 0.2) is 0 Å². The Labute approximate surface area is 140 Å². The fraction of sp³-hybridized carbons (Fsp3) is 0.143. The van der Waals surface area contributed by atoms with Crippen LogP contribution in [0.5, 0.6) is 0 Å². The fourth-order valence-electron chi connectivity index (χ4n) is 2.98. The monoisotopic (exact) mass is 316 g/mol. The Kier molecular flexibility index (Phi) is 3.91. The molecule has 0 N–H and O–H groups in total. The molecule has 3 heteroatoms. The number of nitrogens with zero attached hydrogens (tertiary/aromatic N) is 2. The first-order chi connectivity index (χ1) is 11.8. The van der Waals surface area contributed by atoms with Crippen molar-refractivity contribution in [1.82, 2.24) is 4.98 Å². The second kappa shape index (κ2) is 6.36. The maximum absolute atomic E-state index is 13.3. The number of aromatic nitrogens is 1. The van der Waals surface area contributed by atoms with E-state index in [4.69, 9.17) is 4.98 Å². The zero-order valence-electron chi connectivity index (χ0n) is 13.2. The van der Waals surface area contributed by atoms with Crippen molar-refractivity contribution in [2.45, 2.75) is 19.3 Å². The first-order valence-electron chi connectivity index (χ1n) is 8.15. The molecule has 1 aliphatic rings. The van der Waals surface area contributed by atoms with Gasteiger partial charge in [-0.25, -0.2) is 4.39 Å². The molecule has 2 heterocycles. The highest BCUT2D eigenvalue weighted by Crippen LogP contribution is 2.24. The van der Waals surface area contributed by atoms with Crippen molar-refractivity contribution in [3.05, 3.63) is 83.8 Å². The molecule has 1 aliphatic heterocycles. The van der Waals surface area contributed by atoms with Gasteiger partial charge in [-0.1, -0.05) is 42.5 Å². The van der Waals surface area contributed by atoms with Crippen LogP contribution in [0.15, 0.2) is 71.7 Å². The first-order valence-corrected chi connectivity index (χ1v) is 8.15. The lowest BCUT2D eigenvalue weighted by Gasteiger charge is -2.03. The fourth-order valence-corrected chi connectivity index (χ4v) is 2.98. The number of rotatable bonds is 4. The molecular weight excluding hydrogens is 299 g/mol. The molecule has 0 amide bonds. The molecule has 0 aliphatic carbocycles. The van der Waals surface area contributed by atoms with Crippen molar-refractivity contribution >= 4 is 22.3 Å². The first kappa shape index (κ1) is 14.8. The summed E-state index contributed by atoms with van der Waals surface area (Å²) < 4.78 is 13.3. The second-order valence-corrected chi connectivity index (χ2v) is 5.98. The number of hydrogen-bond donors (Lipinski definition) is 0. The summed E-state index contributed by atoms with van der Waals surface area (Å²) in [5.41, 5.74) is 4.95. The summed E-state index contributed by atoms with van der Waals surface area (Å²) in [6, 6.07) is 18.9. The lowest BCUT2D eigenvalue weighted by atomic mass is 10.1. The predicted molar refractivity (Wildman–Crippen MR) is 96.5 cm³/mol. The molecule has 0 unspecified atom stereocenters. The molecule has 1 aromatic heterocycles. The van der Waals surface area contributed by atoms with Gasteiger partial charge in [0, 0.05) is 28.8 Å². The molecule has 118 valence electrons. The number of halogens is 1.